The number of ether oxygens (including phenoxy) is 1. The van der Waals surface area contributed by atoms with Crippen LogP contribution in [0.4, 0.5) is 5.69 Å². The van der Waals surface area contributed by atoms with Gasteiger partial charge >= 0.3 is 0 Å². The molecule has 0 bridgehead atoms. The minimum atomic E-state index is -0.429. The molecule has 0 aromatic heterocycles. The molecule has 2 N–H and O–H groups in total. The first-order valence-electron chi connectivity index (χ1n) is 6.07. The third-order valence-corrected chi connectivity index (χ3v) is 2.97. The number of hydrogen-bond acceptors (Lipinski definition) is 5. The van der Waals surface area contributed by atoms with Gasteiger partial charge in [0.05, 0.1) is 12.0 Å². The smallest absolute Gasteiger partial charge is 0.270 e. The number of hydrogen-bond donors (Lipinski definition) is 2. The molecule has 0 fully saturated rings. The molecule has 0 amide bonds. The van der Waals surface area contributed by atoms with Crippen LogP contribution in [0.1, 0.15) is 25.8 Å². The summed E-state index contributed by atoms with van der Waals surface area (Å²) in [5, 5.41) is 23.0. The third kappa shape index (κ3) is 4.50. The normalized spacial score (nSPS) is 11.4. The summed E-state index contributed by atoms with van der Waals surface area (Å²) in [6.45, 7) is 4.46. The topological polar surface area (TPSA) is 84.6 Å². The van der Waals surface area contributed by atoms with Crippen LogP contribution in [-0.2, 0) is 6.54 Å². The first kappa shape index (κ1) is 15.4. The number of nitro benzene ring substituents is 1. The Morgan fingerprint density at radius 3 is 2.68 bits per heavy atom. The van der Waals surface area contributed by atoms with Gasteiger partial charge in [-0.25, -0.2) is 0 Å². The molecule has 0 aliphatic heterocycles. The van der Waals surface area contributed by atoms with Crippen LogP contribution in [0.25, 0.3) is 0 Å². The van der Waals surface area contributed by atoms with Gasteiger partial charge in [-0.05, 0) is 26.3 Å². The summed E-state index contributed by atoms with van der Waals surface area (Å²) < 4.78 is 5.19. The van der Waals surface area contributed by atoms with Crippen molar-refractivity contribution < 1.29 is 14.8 Å². The van der Waals surface area contributed by atoms with Gasteiger partial charge in [0.1, 0.15) is 5.75 Å². The zero-order chi connectivity index (χ0) is 14.5. The largest absolute Gasteiger partial charge is 0.496 e. The summed E-state index contributed by atoms with van der Waals surface area (Å²) in [7, 11) is 1.53. The van der Waals surface area contributed by atoms with Crippen molar-refractivity contribution in [2.75, 3.05) is 13.7 Å². The van der Waals surface area contributed by atoms with E-state index in [4.69, 9.17) is 9.84 Å². The van der Waals surface area contributed by atoms with Crippen molar-refractivity contribution in [3.63, 3.8) is 0 Å². The van der Waals surface area contributed by atoms with E-state index in [1.54, 1.807) is 6.07 Å². The second-order valence-electron chi connectivity index (χ2n) is 4.96. The number of aliphatic hydroxyl groups excluding tert-OH is 1. The Balaban J connectivity index is 2.86. The zero-order valence-electron chi connectivity index (χ0n) is 11.5. The highest BCUT2D eigenvalue weighted by Crippen LogP contribution is 2.24. The van der Waals surface area contributed by atoms with Crippen molar-refractivity contribution in [1.29, 1.82) is 0 Å². The maximum absolute atomic E-state index is 10.8. The number of benzene rings is 1. The van der Waals surface area contributed by atoms with Crippen LogP contribution in [0, 0.1) is 10.1 Å². The van der Waals surface area contributed by atoms with E-state index in [0.29, 0.717) is 18.7 Å². The second kappa shape index (κ2) is 6.49. The molecule has 1 aromatic rings. The number of methoxy groups -OCH3 is 1. The van der Waals surface area contributed by atoms with Gasteiger partial charge < -0.3 is 15.2 Å². The molecule has 0 atom stereocenters. The van der Waals surface area contributed by atoms with Crippen LogP contribution < -0.4 is 10.1 Å². The Morgan fingerprint density at radius 2 is 2.16 bits per heavy atom. The number of nitrogens with zero attached hydrogens (tertiary/aromatic N) is 1. The van der Waals surface area contributed by atoms with Gasteiger partial charge in [-0.1, -0.05) is 0 Å². The van der Waals surface area contributed by atoms with Gasteiger partial charge in [0.15, 0.2) is 0 Å². The van der Waals surface area contributed by atoms with Gasteiger partial charge in [-0.2, -0.15) is 0 Å². The lowest BCUT2D eigenvalue weighted by Gasteiger charge is -2.25. The predicted molar refractivity (Wildman–Crippen MR) is 72.3 cm³/mol. The molecule has 1 aromatic carbocycles. The fourth-order valence-electron chi connectivity index (χ4n) is 1.72. The summed E-state index contributed by atoms with van der Waals surface area (Å²) in [4.78, 5) is 10.3. The van der Waals surface area contributed by atoms with Crippen molar-refractivity contribution in [1.82, 2.24) is 5.32 Å². The molecular weight excluding hydrogens is 248 g/mol. The molecule has 0 aliphatic rings. The van der Waals surface area contributed by atoms with E-state index >= 15 is 0 Å². The van der Waals surface area contributed by atoms with Crippen LogP contribution in [-0.4, -0.2) is 29.3 Å². The predicted octanol–water partition coefficient (Wildman–Crippen LogP) is 1.85. The minimum Gasteiger partial charge on any atom is -0.496 e. The Labute approximate surface area is 112 Å². The molecular formula is C13H20N2O4. The Hall–Kier alpha value is -1.66. The lowest BCUT2D eigenvalue weighted by Crippen LogP contribution is -2.39. The van der Waals surface area contributed by atoms with E-state index in [-0.39, 0.29) is 17.8 Å². The lowest BCUT2D eigenvalue weighted by molar-refractivity contribution is -0.384. The Bertz CT molecular complexity index is 446. The van der Waals surface area contributed by atoms with Crippen LogP contribution in [0.15, 0.2) is 18.2 Å². The van der Waals surface area contributed by atoms with Crippen LogP contribution in [0.5, 0.6) is 5.75 Å². The molecule has 0 heterocycles. The Morgan fingerprint density at radius 1 is 1.47 bits per heavy atom. The molecule has 19 heavy (non-hydrogen) atoms. The fraction of sp³-hybridized carbons (Fsp3) is 0.538. The van der Waals surface area contributed by atoms with Gasteiger partial charge in [-0.15, -0.1) is 0 Å². The highest BCUT2D eigenvalue weighted by molar-refractivity contribution is 5.43. The first-order valence-corrected chi connectivity index (χ1v) is 6.07. The number of rotatable bonds is 7. The maximum Gasteiger partial charge on any atom is 0.270 e. The van der Waals surface area contributed by atoms with E-state index in [0.717, 1.165) is 5.56 Å². The van der Waals surface area contributed by atoms with E-state index in [1.807, 2.05) is 13.8 Å². The average molecular weight is 268 g/mol. The van der Waals surface area contributed by atoms with E-state index in [1.165, 1.54) is 19.2 Å². The number of aliphatic hydroxyl groups is 1. The summed E-state index contributed by atoms with van der Waals surface area (Å²) >= 11 is 0. The second-order valence-corrected chi connectivity index (χ2v) is 4.96. The van der Waals surface area contributed by atoms with Crippen molar-refractivity contribution in [3.05, 3.63) is 33.9 Å². The minimum absolute atomic E-state index is 0.0394. The van der Waals surface area contributed by atoms with Gasteiger partial charge in [0, 0.05) is 36.4 Å². The van der Waals surface area contributed by atoms with Crippen molar-refractivity contribution >= 4 is 5.69 Å². The summed E-state index contributed by atoms with van der Waals surface area (Å²) in [6.07, 6.45) is 0.601. The average Bonchev–Trinajstić information content (AvgIpc) is 2.36. The zero-order valence-corrected chi connectivity index (χ0v) is 11.5. The fourth-order valence-corrected chi connectivity index (χ4v) is 1.72. The van der Waals surface area contributed by atoms with E-state index in [9.17, 15) is 10.1 Å². The number of non-ortho nitro benzene ring substituents is 1. The standard InChI is InChI=1S/C13H20N2O4/c1-13(2,6-7-16)14-9-10-8-11(15(17)18)4-5-12(10)19-3/h4-5,8,14,16H,6-7,9H2,1-3H3. The highest BCUT2D eigenvalue weighted by atomic mass is 16.6. The van der Waals surface area contributed by atoms with Gasteiger partial charge in [0.2, 0.25) is 0 Å². The molecule has 0 aliphatic carbocycles. The quantitative estimate of drug-likeness (QED) is 0.582. The van der Waals surface area contributed by atoms with Gasteiger partial charge in [0.25, 0.3) is 5.69 Å². The molecule has 0 saturated carbocycles. The van der Waals surface area contributed by atoms with E-state index in [2.05, 4.69) is 5.32 Å². The number of nitro groups is 1. The SMILES string of the molecule is COc1ccc([N+](=O)[O-])cc1CNC(C)(C)CCO. The first-order chi connectivity index (χ1) is 8.89. The van der Waals surface area contributed by atoms with Crippen LogP contribution in [0.3, 0.4) is 0 Å². The molecule has 6 heteroatoms. The summed E-state index contributed by atoms with van der Waals surface area (Å²) in [6, 6.07) is 4.51. The molecule has 106 valence electrons. The molecule has 6 nitrogen and oxygen atoms in total. The molecule has 0 unspecified atom stereocenters. The van der Waals surface area contributed by atoms with E-state index < -0.39 is 4.92 Å². The summed E-state index contributed by atoms with van der Waals surface area (Å²) in [5.41, 5.74) is 0.518. The highest BCUT2D eigenvalue weighted by Gasteiger charge is 2.18. The lowest BCUT2D eigenvalue weighted by atomic mass is 10.0. The molecule has 0 radical (unpaired) electrons. The molecule has 1 rings (SSSR count). The van der Waals surface area contributed by atoms with Crippen LogP contribution in [0.2, 0.25) is 0 Å². The van der Waals surface area contributed by atoms with Crippen molar-refractivity contribution in [2.45, 2.75) is 32.4 Å². The third-order valence-electron chi connectivity index (χ3n) is 2.97. The summed E-state index contributed by atoms with van der Waals surface area (Å²) in [5.74, 6) is 0.609. The maximum atomic E-state index is 10.8. The molecule has 0 saturated heterocycles. The van der Waals surface area contributed by atoms with Crippen LogP contribution >= 0.6 is 0 Å². The molecule has 0 spiro atoms. The van der Waals surface area contributed by atoms with Gasteiger partial charge in [-0.3, -0.25) is 10.1 Å². The van der Waals surface area contributed by atoms with Crippen molar-refractivity contribution in [2.24, 2.45) is 0 Å². The number of nitrogens with one attached hydrogen (secondary N) is 1. The van der Waals surface area contributed by atoms with Crippen molar-refractivity contribution in [3.8, 4) is 5.75 Å². The monoisotopic (exact) mass is 268 g/mol. The Kier molecular flexibility index (Phi) is 5.26.